The van der Waals surface area contributed by atoms with Crippen LogP contribution in [0.5, 0.6) is 0 Å². The van der Waals surface area contributed by atoms with Crippen LogP contribution in [0.25, 0.3) is 11.5 Å². The summed E-state index contributed by atoms with van der Waals surface area (Å²) in [6, 6.07) is 0. The molecule has 0 radical (unpaired) electrons. The molecule has 0 saturated carbocycles. The van der Waals surface area contributed by atoms with E-state index < -0.39 is 0 Å². The largest absolute Gasteiger partial charge is 0.339 e. The maximum Gasteiger partial charge on any atom is 0.231 e. The first-order chi connectivity index (χ1) is 7.35. The fraction of sp³-hybridized carbons (Fsp3) is 0.500. The molecule has 2 aromatic rings. The van der Waals surface area contributed by atoms with Crippen LogP contribution in [0.2, 0.25) is 0 Å². The number of nitrogens with zero attached hydrogens (tertiary/aromatic N) is 4. The summed E-state index contributed by atoms with van der Waals surface area (Å²) in [5.74, 6) is 1.10. The summed E-state index contributed by atoms with van der Waals surface area (Å²) in [5.41, 5.74) is 6.15. The standard InChI is InChI=1S/C8H12N6O/c1-2-5(3-9)8-11-7(13-15-8)6-4-10-14-12-6/h4-5H,2-3,9H2,1H3,(H,10,12,14). The second-order valence-electron chi connectivity index (χ2n) is 3.15. The fourth-order valence-electron chi connectivity index (χ4n) is 1.26. The topological polar surface area (TPSA) is 107 Å². The molecule has 3 N–H and O–H groups in total. The van der Waals surface area contributed by atoms with Crippen molar-refractivity contribution in [2.45, 2.75) is 19.3 Å². The molecule has 80 valence electrons. The maximum atomic E-state index is 5.58. The van der Waals surface area contributed by atoms with Crippen molar-refractivity contribution in [3.63, 3.8) is 0 Å². The van der Waals surface area contributed by atoms with Gasteiger partial charge in [0.05, 0.1) is 12.1 Å². The smallest absolute Gasteiger partial charge is 0.231 e. The first-order valence-electron chi connectivity index (χ1n) is 4.75. The molecular weight excluding hydrogens is 196 g/mol. The van der Waals surface area contributed by atoms with Crippen molar-refractivity contribution in [1.29, 1.82) is 0 Å². The SMILES string of the molecule is CCC(CN)c1nc(-c2cn[nH]n2)no1. The molecule has 2 rings (SSSR count). The molecule has 7 nitrogen and oxygen atoms in total. The second kappa shape index (κ2) is 4.18. The minimum Gasteiger partial charge on any atom is -0.339 e. The highest BCUT2D eigenvalue weighted by molar-refractivity contribution is 5.44. The van der Waals surface area contributed by atoms with Crippen LogP contribution in [0.4, 0.5) is 0 Å². The molecule has 0 aromatic carbocycles. The van der Waals surface area contributed by atoms with Crippen molar-refractivity contribution in [3.8, 4) is 11.5 Å². The molecule has 1 atom stereocenters. The third-order valence-electron chi connectivity index (χ3n) is 2.21. The fourth-order valence-corrected chi connectivity index (χ4v) is 1.26. The van der Waals surface area contributed by atoms with Crippen molar-refractivity contribution in [3.05, 3.63) is 12.1 Å². The Kier molecular flexibility index (Phi) is 2.72. The first kappa shape index (κ1) is 9.78. The predicted octanol–water partition coefficient (Wildman–Crippen LogP) is 0.307. The lowest BCUT2D eigenvalue weighted by Gasteiger charge is -2.03. The Bertz CT molecular complexity index is 404. The van der Waals surface area contributed by atoms with E-state index in [0.717, 1.165) is 6.42 Å². The molecular formula is C8H12N6O. The maximum absolute atomic E-state index is 5.58. The quantitative estimate of drug-likeness (QED) is 0.748. The van der Waals surface area contributed by atoms with E-state index in [2.05, 4.69) is 25.6 Å². The van der Waals surface area contributed by atoms with Gasteiger partial charge in [-0.1, -0.05) is 12.1 Å². The third kappa shape index (κ3) is 1.86. The van der Waals surface area contributed by atoms with Gasteiger partial charge in [0.1, 0.15) is 0 Å². The molecule has 0 amide bonds. The van der Waals surface area contributed by atoms with Crippen LogP contribution in [0.3, 0.4) is 0 Å². The van der Waals surface area contributed by atoms with Gasteiger partial charge in [-0.05, 0) is 6.42 Å². The van der Waals surface area contributed by atoms with Crippen molar-refractivity contribution >= 4 is 0 Å². The average molecular weight is 208 g/mol. The van der Waals surface area contributed by atoms with Gasteiger partial charge >= 0.3 is 0 Å². The van der Waals surface area contributed by atoms with E-state index in [0.29, 0.717) is 24.0 Å². The Morgan fingerprint density at radius 1 is 1.60 bits per heavy atom. The van der Waals surface area contributed by atoms with Crippen molar-refractivity contribution in [1.82, 2.24) is 25.6 Å². The highest BCUT2D eigenvalue weighted by Crippen LogP contribution is 2.19. The molecule has 0 aliphatic heterocycles. The van der Waals surface area contributed by atoms with Crippen LogP contribution in [0.15, 0.2) is 10.7 Å². The Balaban J connectivity index is 2.24. The highest BCUT2D eigenvalue weighted by atomic mass is 16.5. The van der Waals surface area contributed by atoms with Gasteiger partial charge in [-0.2, -0.15) is 20.4 Å². The van der Waals surface area contributed by atoms with Crippen LogP contribution in [-0.2, 0) is 0 Å². The molecule has 15 heavy (non-hydrogen) atoms. The lowest BCUT2D eigenvalue weighted by atomic mass is 10.1. The van der Waals surface area contributed by atoms with Crippen molar-refractivity contribution < 1.29 is 4.52 Å². The zero-order chi connectivity index (χ0) is 10.7. The Morgan fingerprint density at radius 3 is 3.07 bits per heavy atom. The molecule has 0 fully saturated rings. The lowest BCUT2D eigenvalue weighted by Crippen LogP contribution is -2.11. The van der Waals surface area contributed by atoms with Crippen molar-refractivity contribution in [2.75, 3.05) is 6.54 Å². The van der Waals surface area contributed by atoms with Crippen LogP contribution in [0.1, 0.15) is 25.2 Å². The second-order valence-corrected chi connectivity index (χ2v) is 3.15. The number of nitrogens with two attached hydrogens (primary N) is 1. The molecule has 0 aliphatic rings. The Morgan fingerprint density at radius 2 is 2.47 bits per heavy atom. The van der Waals surface area contributed by atoms with Gasteiger partial charge in [0.15, 0.2) is 5.69 Å². The number of rotatable bonds is 4. The number of nitrogens with one attached hydrogen (secondary N) is 1. The highest BCUT2D eigenvalue weighted by Gasteiger charge is 2.17. The molecule has 7 heteroatoms. The Hall–Kier alpha value is -1.76. The van der Waals surface area contributed by atoms with Gasteiger partial charge in [0, 0.05) is 6.54 Å². The first-order valence-corrected chi connectivity index (χ1v) is 4.75. The molecule has 2 heterocycles. The van der Waals surface area contributed by atoms with Gasteiger partial charge in [0.25, 0.3) is 0 Å². The molecule has 2 aromatic heterocycles. The van der Waals surface area contributed by atoms with Gasteiger partial charge in [-0.15, -0.1) is 0 Å². The van der Waals surface area contributed by atoms with E-state index in [4.69, 9.17) is 10.3 Å². The molecule has 1 unspecified atom stereocenters. The van der Waals surface area contributed by atoms with Gasteiger partial charge in [-0.3, -0.25) is 0 Å². The summed E-state index contributed by atoms with van der Waals surface area (Å²) < 4.78 is 5.11. The minimum absolute atomic E-state index is 0.109. The van der Waals surface area contributed by atoms with Gasteiger partial charge < -0.3 is 10.3 Å². The summed E-state index contributed by atoms with van der Waals surface area (Å²) >= 11 is 0. The molecule has 0 bridgehead atoms. The summed E-state index contributed by atoms with van der Waals surface area (Å²) in [5, 5.41) is 13.8. The lowest BCUT2D eigenvalue weighted by molar-refractivity contribution is 0.351. The summed E-state index contributed by atoms with van der Waals surface area (Å²) in [6.45, 7) is 2.52. The summed E-state index contributed by atoms with van der Waals surface area (Å²) in [6.07, 6.45) is 2.41. The zero-order valence-electron chi connectivity index (χ0n) is 8.34. The molecule has 0 saturated heterocycles. The van der Waals surface area contributed by atoms with Gasteiger partial charge in [-0.25, -0.2) is 0 Å². The van der Waals surface area contributed by atoms with E-state index in [1.165, 1.54) is 6.20 Å². The normalized spacial score (nSPS) is 12.9. The van der Waals surface area contributed by atoms with Gasteiger partial charge in [0.2, 0.25) is 11.7 Å². The van der Waals surface area contributed by atoms with Crippen LogP contribution in [0, 0.1) is 0 Å². The van der Waals surface area contributed by atoms with E-state index in [9.17, 15) is 0 Å². The number of hydrogen-bond acceptors (Lipinski definition) is 6. The average Bonchev–Trinajstić information content (AvgIpc) is 2.89. The number of hydrogen-bond donors (Lipinski definition) is 2. The summed E-state index contributed by atoms with van der Waals surface area (Å²) in [4.78, 5) is 4.21. The van der Waals surface area contributed by atoms with Crippen LogP contribution < -0.4 is 5.73 Å². The Labute approximate surface area is 86.1 Å². The summed E-state index contributed by atoms with van der Waals surface area (Å²) in [7, 11) is 0. The predicted molar refractivity (Wildman–Crippen MR) is 51.8 cm³/mol. The number of aromatic nitrogens is 5. The van der Waals surface area contributed by atoms with E-state index in [1.807, 2.05) is 6.92 Å². The minimum atomic E-state index is 0.109. The number of H-pyrrole nitrogens is 1. The monoisotopic (exact) mass is 208 g/mol. The third-order valence-corrected chi connectivity index (χ3v) is 2.21. The molecule has 0 aliphatic carbocycles. The van der Waals surface area contributed by atoms with Crippen LogP contribution >= 0.6 is 0 Å². The molecule has 0 spiro atoms. The van der Waals surface area contributed by atoms with Crippen LogP contribution in [-0.4, -0.2) is 32.1 Å². The van der Waals surface area contributed by atoms with E-state index in [-0.39, 0.29) is 5.92 Å². The number of aromatic amines is 1. The zero-order valence-corrected chi connectivity index (χ0v) is 8.34. The van der Waals surface area contributed by atoms with E-state index >= 15 is 0 Å². The van der Waals surface area contributed by atoms with Crippen molar-refractivity contribution in [2.24, 2.45) is 5.73 Å². The van der Waals surface area contributed by atoms with E-state index in [1.54, 1.807) is 0 Å².